The van der Waals surface area contributed by atoms with Crippen LogP contribution in [0, 0.1) is 0 Å². The van der Waals surface area contributed by atoms with Crippen molar-refractivity contribution in [1.82, 2.24) is 15.1 Å². The van der Waals surface area contributed by atoms with Crippen molar-refractivity contribution >= 4 is 11.8 Å². The number of carbonyl (C=O) groups excluding carboxylic acids is 2. The first-order valence-electron chi connectivity index (χ1n) is 8.94. The lowest BCUT2D eigenvalue weighted by Gasteiger charge is -2.30. The number of hydrogen-bond acceptors (Lipinski definition) is 3. The fraction of sp³-hybridized carbons (Fsp3) is 0.333. The summed E-state index contributed by atoms with van der Waals surface area (Å²) >= 11 is 0. The Hall–Kier alpha value is -2.66. The van der Waals surface area contributed by atoms with Crippen molar-refractivity contribution in [3.63, 3.8) is 0 Å². The maximum absolute atomic E-state index is 12.4. The molecule has 1 saturated heterocycles. The molecule has 0 spiro atoms. The summed E-state index contributed by atoms with van der Waals surface area (Å²) in [6, 6.07) is 18.8. The predicted octanol–water partition coefficient (Wildman–Crippen LogP) is 2.30. The smallest absolute Gasteiger partial charge is 0.239 e. The van der Waals surface area contributed by atoms with E-state index in [0.717, 1.165) is 5.56 Å². The number of rotatable bonds is 5. The molecule has 1 heterocycles. The molecular weight excluding hydrogens is 326 g/mol. The zero-order valence-corrected chi connectivity index (χ0v) is 15.3. The number of nitrogens with zero attached hydrogens (tertiary/aromatic N) is 2. The zero-order chi connectivity index (χ0) is 18.5. The topological polar surface area (TPSA) is 52.7 Å². The third-order valence-electron chi connectivity index (χ3n) is 4.94. The third kappa shape index (κ3) is 4.29. The summed E-state index contributed by atoms with van der Waals surface area (Å²) in [6.07, 6.45) is 0. The number of benzene rings is 2. The molecule has 0 bridgehead atoms. The summed E-state index contributed by atoms with van der Waals surface area (Å²) in [5, 5.41) is 2.74. The molecule has 136 valence electrons. The van der Waals surface area contributed by atoms with E-state index in [-0.39, 0.29) is 24.4 Å². The second-order valence-electron chi connectivity index (χ2n) is 6.74. The number of nitrogens with one attached hydrogen (secondary N) is 1. The highest BCUT2D eigenvalue weighted by Gasteiger charge is 2.23. The molecule has 2 aromatic carbocycles. The van der Waals surface area contributed by atoms with Crippen molar-refractivity contribution in [2.75, 3.05) is 33.2 Å². The van der Waals surface area contributed by atoms with Crippen LogP contribution in [0.5, 0.6) is 0 Å². The lowest BCUT2D eigenvalue weighted by atomic mass is 10.0. The van der Waals surface area contributed by atoms with Crippen LogP contribution in [0.1, 0.15) is 18.5 Å². The summed E-state index contributed by atoms with van der Waals surface area (Å²) in [6.45, 7) is 3.67. The maximum Gasteiger partial charge on any atom is 0.239 e. The van der Waals surface area contributed by atoms with Crippen LogP contribution in [0.4, 0.5) is 0 Å². The minimum absolute atomic E-state index is 0.00453. The Morgan fingerprint density at radius 3 is 2.42 bits per heavy atom. The van der Waals surface area contributed by atoms with Crippen LogP contribution in [-0.4, -0.2) is 54.8 Å². The van der Waals surface area contributed by atoms with Gasteiger partial charge < -0.3 is 10.2 Å². The van der Waals surface area contributed by atoms with Gasteiger partial charge in [-0.3, -0.25) is 14.5 Å². The van der Waals surface area contributed by atoms with Crippen LogP contribution in [-0.2, 0) is 9.59 Å². The Bertz CT molecular complexity index is 759. The molecule has 2 aromatic rings. The lowest BCUT2D eigenvalue weighted by molar-refractivity contribution is -0.139. The van der Waals surface area contributed by atoms with Gasteiger partial charge in [-0.1, -0.05) is 54.6 Å². The molecule has 1 aliphatic heterocycles. The van der Waals surface area contributed by atoms with E-state index in [2.05, 4.69) is 48.6 Å². The molecule has 1 aliphatic rings. The molecule has 3 rings (SSSR count). The predicted molar refractivity (Wildman–Crippen MR) is 103 cm³/mol. The van der Waals surface area contributed by atoms with Crippen LogP contribution >= 0.6 is 0 Å². The van der Waals surface area contributed by atoms with Crippen molar-refractivity contribution in [2.45, 2.75) is 13.0 Å². The Morgan fingerprint density at radius 1 is 1.12 bits per heavy atom. The van der Waals surface area contributed by atoms with Gasteiger partial charge in [0.05, 0.1) is 13.1 Å². The highest BCUT2D eigenvalue weighted by molar-refractivity contribution is 5.86. The standard InChI is InChI=1S/C21H25N3O2/c1-16(23(2)15-21(26)24-13-12-22-20(25)14-24)17-8-10-19(11-9-17)18-6-4-3-5-7-18/h3-11,16H,12-15H2,1-2H3,(H,22,25). The molecule has 0 aromatic heterocycles. The van der Waals surface area contributed by atoms with E-state index in [4.69, 9.17) is 0 Å². The van der Waals surface area contributed by atoms with Gasteiger partial charge in [0.1, 0.15) is 0 Å². The average Bonchev–Trinajstić information content (AvgIpc) is 2.68. The fourth-order valence-corrected chi connectivity index (χ4v) is 3.14. The molecule has 1 N–H and O–H groups in total. The van der Waals surface area contributed by atoms with Crippen molar-refractivity contribution in [2.24, 2.45) is 0 Å². The molecule has 0 radical (unpaired) electrons. The monoisotopic (exact) mass is 351 g/mol. The van der Waals surface area contributed by atoms with Gasteiger partial charge in [0.15, 0.2) is 0 Å². The molecule has 5 nitrogen and oxygen atoms in total. The van der Waals surface area contributed by atoms with E-state index in [9.17, 15) is 9.59 Å². The Labute approximate surface area is 154 Å². The van der Waals surface area contributed by atoms with Gasteiger partial charge in [0, 0.05) is 19.1 Å². The van der Waals surface area contributed by atoms with Gasteiger partial charge in [0.25, 0.3) is 0 Å². The quantitative estimate of drug-likeness (QED) is 0.899. The maximum atomic E-state index is 12.4. The molecule has 2 amide bonds. The van der Waals surface area contributed by atoms with Gasteiger partial charge in [-0.05, 0) is 30.7 Å². The fourth-order valence-electron chi connectivity index (χ4n) is 3.14. The minimum atomic E-state index is -0.0863. The van der Waals surface area contributed by atoms with Crippen molar-refractivity contribution in [3.8, 4) is 11.1 Å². The van der Waals surface area contributed by atoms with Gasteiger partial charge in [-0.25, -0.2) is 0 Å². The summed E-state index contributed by atoms with van der Waals surface area (Å²) in [5.41, 5.74) is 3.54. The summed E-state index contributed by atoms with van der Waals surface area (Å²) in [5.74, 6) is -0.0908. The summed E-state index contributed by atoms with van der Waals surface area (Å²) in [7, 11) is 1.94. The molecule has 1 unspecified atom stereocenters. The number of piperazine rings is 1. The Kier molecular flexibility index (Phi) is 5.68. The van der Waals surface area contributed by atoms with E-state index in [1.807, 2.05) is 30.1 Å². The van der Waals surface area contributed by atoms with Crippen LogP contribution in [0.2, 0.25) is 0 Å². The van der Waals surface area contributed by atoms with Crippen molar-refractivity contribution < 1.29 is 9.59 Å². The van der Waals surface area contributed by atoms with Gasteiger partial charge in [0.2, 0.25) is 11.8 Å². The molecule has 0 saturated carbocycles. The van der Waals surface area contributed by atoms with Gasteiger partial charge in [-0.15, -0.1) is 0 Å². The summed E-state index contributed by atoms with van der Waals surface area (Å²) < 4.78 is 0. The number of hydrogen-bond donors (Lipinski definition) is 1. The molecule has 5 heteroatoms. The Balaban J connectivity index is 1.62. The van der Waals surface area contributed by atoms with Crippen LogP contribution in [0.15, 0.2) is 54.6 Å². The van der Waals surface area contributed by atoms with E-state index < -0.39 is 0 Å². The minimum Gasteiger partial charge on any atom is -0.353 e. The Morgan fingerprint density at radius 2 is 1.77 bits per heavy atom. The molecular formula is C21H25N3O2. The molecule has 1 fully saturated rings. The molecule has 26 heavy (non-hydrogen) atoms. The van der Waals surface area contributed by atoms with Crippen molar-refractivity contribution in [3.05, 3.63) is 60.2 Å². The zero-order valence-electron chi connectivity index (χ0n) is 15.3. The molecule has 0 aliphatic carbocycles. The van der Waals surface area contributed by atoms with E-state index in [1.165, 1.54) is 11.1 Å². The van der Waals surface area contributed by atoms with Crippen LogP contribution < -0.4 is 5.32 Å². The average molecular weight is 351 g/mol. The number of carbonyl (C=O) groups is 2. The summed E-state index contributed by atoms with van der Waals surface area (Å²) in [4.78, 5) is 27.5. The largest absolute Gasteiger partial charge is 0.353 e. The van der Waals surface area contributed by atoms with Gasteiger partial charge in [-0.2, -0.15) is 0 Å². The van der Waals surface area contributed by atoms with Crippen LogP contribution in [0.25, 0.3) is 11.1 Å². The first kappa shape index (κ1) is 18.1. The highest BCUT2D eigenvalue weighted by Crippen LogP contribution is 2.24. The first-order valence-corrected chi connectivity index (χ1v) is 8.94. The van der Waals surface area contributed by atoms with E-state index in [0.29, 0.717) is 19.6 Å². The highest BCUT2D eigenvalue weighted by atomic mass is 16.2. The molecule has 1 atom stereocenters. The normalized spacial score (nSPS) is 15.7. The third-order valence-corrected chi connectivity index (χ3v) is 4.94. The van der Waals surface area contributed by atoms with E-state index in [1.54, 1.807) is 4.90 Å². The van der Waals surface area contributed by atoms with Crippen LogP contribution in [0.3, 0.4) is 0 Å². The lowest BCUT2D eigenvalue weighted by Crippen LogP contribution is -2.52. The number of likely N-dealkylation sites (N-methyl/N-ethyl adjacent to an activating group) is 1. The number of amides is 2. The second-order valence-corrected chi connectivity index (χ2v) is 6.74. The second kappa shape index (κ2) is 8.15. The van der Waals surface area contributed by atoms with E-state index >= 15 is 0 Å². The van der Waals surface area contributed by atoms with Gasteiger partial charge >= 0.3 is 0 Å². The van der Waals surface area contributed by atoms with Crippen molar-refractivity contribution in [1.29, 1.82) is 0 Å². The first-order chi connectivity index (χ1) is 12.5. The SMILES string of the molecule is CC(c1ccc(-c2ccccc2)cc1)N(C)CC(=O)N1CCNC(=O)C1.